The maximum absolute atomic E-state index is 5.80. The molecule has 1 unspecified atom stereocenters. The zero-order chi connectivity index (χ0) is 14.0. The van der Waals surface area contributed by atoms with Crippen molar-refractivity contribution in [2.45, 2.75) is 85.3 Å². The van der Waals surface area contributed by atoms with Crippen LogP contribution in [0.5, 0.6) is 0 Å². The highest BCUT2D eigenvalue weighted by Crippen LogP contribution is 2.09. The van der Waals surface area contributed by atoms with E-state index in [0.29, 0.717) is 6.10 Å². The second-order valence-corrected chi connectivity index (χ2v) is 6.90. The summed E-state index contributed by atoms with van der Waals surface area (Å²) >= 11 is 0. The van der Waals surface area contributed by atoms with Gasteiger partial charge < -0.3 is 10.1 Å². The van der Waals surface area contributed by atoms with Crippen molar-refractivity contribution in [3.63, 3.8) is 0 Å². The van der Waals surface area contributed by atoms with Crippen LogP contribution in [0.15, 0.2) is 0 Å². The van der Waals surface area contributed by atoms with Crippen molar-refractivity contribution in [2.75, 3.05) is 13.2 Å². The topological polar surface area (TPSA) is 21.3 Å². The maximum Gasteiger partial charge on any atom is 0.0549 e. The predicted molar refractivity (Wildman–Crippen MR) is 81.1 cm³/mol. The largest absolute Gasteiger partial charge is 0.379 e. The number of hydrogen-bond acceptors (Lipinski definition) is 2. The van der Waals surface area contributed by atoms with Gasteiger partial charge in [-0.1, -0.05) is 26.7 Å². The summed E-state index contributed by atoms with van der Waals surface area (Å²) in [4.78, 5) is 0. The molecule has 1 atom stereocenters. The SMILES string of the molecule is CC(C)CC(C)OCCCCCCNC(C)(C)C. The molecule has 2 heteroatoms. The fourth-order valence-corrected chi connectivity index (χ4v) is 2.06. The minimum Gasteiger partial charge on any atom is -0.379 e. The highest BCUT2D eigenvalue weighted by molar-refractivity contribution is 4.69. The quantitative estimate of drug-likeness (QED) is 0.586. The van der Waals surface area contributed by atoms with E-state index in [1.165, 1.54) is 32.1 Å². The molecule has 1 N–H and O–H groups in total. The zero-order valence-corrected chi connectivity index (χ0v) is 13.5. The molecule has 0 aliphatic heterocycles. The number of nitrogens with one attached hydrogen (secondary N) is 1. The first-order chi connectivity index (χ1) is 8.31. The molecule has 0 aliphatic rings. The lowest BCUT2D eigenvalue weighted by molar-refractivity contribution is 0.0494. The summed E-state index contributed by atoms with van der Waals surface area (Å²) in [6, 6.07) is 0. The number of rotatable bonds is 10. The maximum atomic E-state index is 5.80. The molecule has 0 rings (SSSR count). The summed E-state index contributed by atoms with van der Waals surface area (Å²) in [5.41, 5.74) is 0.259. The van der Waals surface area contributed by atoms with Gasteiger partial charge in [0.2, 0.25) is 0 Å². The van der Waals surface area contributed by atoms with Gasteiger partial charge in [0.1, 0.15) is 0 Å². The Morgan fingerprint density at radius 1 is 0.944 bits per heavy atom. The normalized spacial score (nSPS) is 14.2. The van der Waals surface area contributed by atoms with Crippen molar-refractivity contribution in [1.82, 2.24) is 5.32 Å². The standard InChI is InChI=1S/C16H35NO/c1-14(2)13-15(3)18-12-10-8-7-9-11-17-16(4,5)6/h14-15,17H,7-13H2,1-6H3. The van der Waals surface area contributed by atoms with Gasteiger partial charge in [-0.3, -0.25) is 0 Å². The van der Waals surface area contributed by atoms with E-state index in [1.807, 2.05) is 0 Å². The van der Waals surface area contributed by atoms with Crippen molar-refractivity contribution in [3.05, 3.63) is 0 Å². The first kappa shape index (κ1) is 17.9. The minimum atomic E-state index is 0.259. The van der Waals surface area contributed by atoms with Crippen LogP contribution < -0.4 is 5.32 Å². The van der Waals surface area contributed by atoms with Gasteiger partial charge in [-0.05, 0) is 59.4 Å². The van der Waals surface area contributed by atoms with Crippen LogP contribution in [0, 0.1) is 5.92 Å². The molecule has 0 radical (unpaired) electrons. The molecular formula is C16H35NO. The van der Waals surface area contributed by atoms with Crippen molar-refractivity contribution < 1.29 is 4.74 Å². The highest BCUT2D eigenvalue weighted by atomic mass is 16.5. The van der Waals surface area contributed by atoms with E-state index < -0.39 is 0 Å². The molecule has 0 saturated heterocycles. The molecule has 0 amide bonds. The molecule has 2 nitrogen and oxygen atoms in total. The third-order valence-electron chi connectivity index (χ3n) is 2.93. The van der Waals surface area contributed by atoms with Crippen LogP contribution in [0.2, 0.25) is 0 Å². The van der Waals surface area contributed by atoms with Crippen molar-refractivity contribution in [1.29, 1.82) is 0 Å². The summed E-state index contributed by atoms with van der Waals surface area (Å²) < 4.78 is 5.80. The van der Waals surface area contributed by atoms with Crippen LogP contribution in [0.4, 0.5) is 0 Å². The Hall–Kier alpha value is -0.0800. The second kappa shape index (κ2) is 9.80. The monoisotopic (exact) mass is 257 g/mol. The zero-order valence-electron chi connectivity index (χ0n) is 13.5. The van der Waals surface area contributed by atoms with Crippen molar-refractivity contribution in [3.8, 4) is 0 Å². The number of ether oxygens (including phenoxy) is 1. The summed E-state index contributed by atoms with van der Waals surface area (Å²) in [5.74, 6) is 0.739. The molecule has 18 heavy (non-hydrogen) atoms. The molecule has 0 aromatic carbocycles. The highest BCUT2D eigenvalue weighted by Gasteiger charge is 2.07. The predicted octanol–water partition coefficient (Wildman–Crippen LogP) is 4.39. The van der Waals surface area contributed by atoms with E-state index >= 15 is 0 Å². The van der Waals surface area contributed by atoms with Gasteiger partial charge >= 0.3 is 0 Å². The Bertz CT molecular complexity index is 184. The molecule has 0 aliphatic carbocycles. The van der Waals surface area contributed by atoms with Gasteiger partial charge in [-0.25, -0.2) is 0 Å². The third kappa shape index (κ3) is 14.0. The van der Waals surface area contributed by atoms with Crippen LogP contribution in [-0.2, 0) is 4.74 Å². The van der Waals surface area contributed by atoms with E-state index in [4.69, 9.17) is 4.74 Å². The first-order valence-electron chi connectivity index (χ1n) is 7.68. The summed E-state index contributed by atoms with van der Waals surface area (Å²) in [6.45, 7) is 15.4. The van der Waals surface area contributed by atoms with Crippen molar-refractivity contribution in [2.24, 2.45) is 5.92 Å². The van der Waals surface area contributed by atoms with Crippen LogP contribution in [0.25, 0.3) is 0 Å². The van der Waals surface area contributed by atoms with Crippen LogP contribution in [0.3, 0.4) is 0 Å². The summed E-state index contributed by atoms with van der Waals surface area (Å²) in [6.07, 6.45) is 6.69. The average molecular weight is 257 g/mol. The molecule has 0 heterocycles. The van der Waals surface area contributed by atoms with E-state index in [2.05, 4.69) is 46.9 Å². The molecule has 110 valence electrons. The van der Waals surface area contributed by atoms with Gasteiger partial charge in [-0.2, -0.15) is 0 Å². The van der Waals surface area contributed by atoms with Gasteiger partial charge in [0, 0.05) is 12.1 Å². The molecule has 0 saturated carbocycles. The first-order valence-corrected chi connectivity index (χ1v) is 7.68. The Morgan fingerprint density at radius 3 is 2.11 bits per heavy atom. The lowest BCUT2D eigenvalue weighted by atomic mass is 10.1. The molecule has 0 spiro atoms. The molecule has 0 fully saturated rings. The van der Waals surface area contributed by atoms with E-state index in [-0.39, 0.29) is 5.54 Å². The molecule has 0 aromatic rings. The minimum absolute atomic E-state index is 0.259. The Kier molecular flexibility index (Phi) is 9.76. The smallest absolute Gasteiger partial charge is 0.0549 e. The molecule has 0 bridgehead atoms. The van der Waals surface area contributed by atoms with Crippen molar-refractivity contribution >= 4 is 0 Å². The third-order valence-corrected chi connectivity index (χ3v) is 2.93. The number of hydrogen-bond donors (Lipinski definition) is 1. The average Bonchev–Trinajstić information content (AvgIpc) is 2.19. The second-order valence-electron chi connectivity index (χ2n) is 6.90. The summed E-state index contributed by atoms with van der Waals surface area (Å²) in [5, 5.41) is 3.52. The lowest BCUT2D eigenvalue weighted by Gasteiger charge is -2.20. The summed E-state index contributed by atoms with van der Waals surface area (Å²) in [7, 11) is 0. The van der Waals surface area contributed by atoms with Gasteiger partial charge in [0.15, 0.2) is 0 Å². The number of unbranched alkanes of at least 4 members (excludes halogenated alkanes) is 3. The van der Waals surface area contributed by atoms with Crippen LogP contribution in [-0.4, -0.2) is 24.8 Å². The fourth-order valence-electron chi connectivity index (χ4n) is 2.06. The van der Waals surface area contributed by atoms with E-state index in [9.17, 15) is 0 Å². The van der Waals surface area contributed by atoms with Crippen LogP contribution in [0.1, 0.15) is 73.6 Å². The van der Waals surface area contributed by atoms with Gasteiger partial charge in [-0.15, -0.1) is 0 Å². The fraction of sp³-hybridized carbons (Fsp3) is 1.00. The molecule has 0 aromatic heterocycles. The van der Waals surface area contributed by atoms with Gasteiger partial charge in [0.05, 0.1) is 6.10 Å². The molecular weight excluding hydrogens is 222 g/mol. The Labute approximate surface area is 115 Å². The lowest BCUT2D eigenvalue weighted by Crippen LogP contribution is -2.36. The van der Waals surface area contributed by atoms with Crippen LogP contribution >= 0.6 is 0 Å². The Morgan fingerprint density at radius 2 is 1.56 bits per heavy atom. The van der Waals surface area contributed by atoms with Gasteiger partial charge in [0.25, 0.3) is 0 Å². The van der Waals surface area contributed by atoms with E-state index in [1.54, 1.807) is 0 Å². The Balaban J connectivity index is 3.21. The van der Waals surface area contributed by atoms with E-state index in [0.717, 1.165) is 19.1 Å².